The molecule has 0 N–H and O–H groups in total. The van der Waals surface area contributed by atoms with Gasteiger partial charge in [-0.25, -0.2) is 18.4 Å². The highest BCUT2D eigenvalue weighted by molar-refractivity contribution is 7.91. The minimum Gasteiger partial charge on any atom is -0.436 e. The van der Waals surface area contributed by atoms with Crippen molar-refractivity contribution in [3.05, 3.63) is 121 Å². The van der Waals surface area contributed by atoms with Crippen LogP contribution in [0.2, 0.25) is 0 Å². The zero-order valence-corrected chi connectivity index (χ0v) is 21.8. The number of hydrogen-bond donors (Lipinski definition) is 0. The number of oxazole rings is 2. The van der Waals surface area contributed by atoms with E-state index in [4.69, 9.17) is 8.83 Å². The fourth-order valence-corrected chi connectivity index (χ4v) is 5.73. The average Bonchev–Trinajstić information content (AvgIpc) is 3.58. The number of rotatable bonds is 8. The van der Waals surface area contributed by atoms with E-state index in [0.717, 1.165) is 35.1 Å². The fourth-order valence-electron chi connectivity index (χ4n) is 4.43. The minimum atomic E-state index is -3.84. The van der Waals surface area contributed by atoms with Gasteiger partial charge < -0.3 is 8.83 Å². The highest BCUT2D eigenvalue weighted by Crippen LogP contribution is 2.31. The highest BCUT2D eigenvalue weighted by atomic mass is 32.2. The van der Waals surface area contributed by atoms with E-state index in [1.54, 1.807) is 12.1 Å². The molecule has 39 heavy (non-hydrogen) atoms. The molecule has 4 aromatic carbocycles. The molecule has 6 rings (SSSR count). The van der Waals surface area contributed by atoms with E-state index >= 15 is 0 Å². The van der Waals surface area contributed by atoms with E-state index in [-0.39, 0.29) is 9.79 Å². The van der Waals surface area contributed by atoms with Crippen LogP contribution >= 0.6 is 0 Å². The molecule has 7 heteroatoms. The van der Waals surface area contributed by atoms with Crippen LogP contribution in [-0.2, 0) is 22.7 Å². The molecule has 192 valence electrons. The van der Waals surface area contributed by atoms with E-state index in [1.165, 1.54) is 24.3 Å². The Morgan fingerprint density at radius 1 is 0.615 bits per heavy atom. The second-order valence-corrected chi connectivity index (χ2v) is 11.1. The van der Waals surface area contributed by atoms with Gasteiger partial charge in [0.05, 0.1) is 9.79 Å². The van der Waals surface area contributed by atoms with Crippen molar-refractivity contribution in [3.8, 4) is 22.9 Å². The van der Waals surface area contributed by atoms with Gasteiger partial charge in [-0.2, -0.15) is 0 Å². The summed E-state index contributed by atoms with van der Waals surface area (Å²) in [7, 11) is -3.84. The van der Waals surface area contributed by atoms with Gasteiger partial charge in [-0.15, -0.1) is 13.2 Å². The summed E-state index contributed by atoms with van der Waals surface area (Å²) in [5.74, 6) is 0.859. The van der Waals surface area contributed by atoms with Crippen LogP contribution < -0.4 is 0 Å². The second kappa shape index (κ2) is 9.85. The van der Waals surface area contributed by atoms with Crippen LogP contribution in [0.25, 0.3) is 45.1 Å². The van der Waals surface area contributed by atoms with Crippen molar-refractivity contribution < 1.29 is 17.3 Å². The lowest BCUT2D eigenvalue weighted by molar-refractivity contribution is 0.596. The molecule has 0 saturated carbocycles. The van der Waals surface area contributed by atoms with Crippen molar-refractivity contribution >= 4 is 32.0 Å². The summed E-state index contributed by atoms with van der Waals surface area (Å²) in [5, 5.41) is 0. The predicted molar refractivity (Wildman–Crippen MR) is 152 cm³/mol. The van der Waals surface area contributed by atoms with Crippen molar-refractivity contribution in [1.82, 2.24) is 9.97 Å². The van der Waals surface area contributed by atoms with Crippen molar-refractivity contribution in [1.29, 1.82) is 0 Å². The number of allylic oxidation sites excluding steroid dienone is 2. The van der Waals surface area contributed by atoms with Crippen LogP contribution in [-0.4, -0.2) is 18.4 Å². The van der Waals surface area contributed by atoms with E-state index in [9.17, 15) is 8.42 Å². The van der Waals surface area contributed by atoms with Crippen molar-refractivity contribution in [3.63, 3.8) is 0 Å². The fraction of sp³-hybridized carbons (Fsp3) is 0.0625. The van der Waals surface area contributed by atoms with Crippen LogP contribution in [0.1, 0.15) is 11.1 Å². The maximum atomic E-state index is 13.5. The van der Waals surface area contributed by atoms with Crippen LogP contribution in [0.15, 0.2) is 129 Å². The van der Waals surface area contributed by atoms with Crippen molar-refractivity contribution in [2.75, 3.05) is 0 Å². The lowest BCUT2D eigenvalue weighted by atomic mass is 10.1. The molecule has 6 aromatic rings. The topological polar surface area (TPSA) is 86.2 Å². The van der Waals surface area contributed by atoms with Gasteiger partial charge in [0.1, 0.15) is 11.0 Å². The SMILES string of the molecule is C=CCc1ccc(-c2nc3cc(S(=O)(=O)c4ccc5oc(-c6ccc(CC=C)cc6)nc5c4)ccc3o2)cc1. The first-order chi connectivity index (χ1) is 18.9. The lowest BCUT2D eigenvalue weighted by Crippen LogP contribution is -2.01. The number of sulfone groups is 1. The first kappa shape index (κ1) is 24.6. The van der Waals surface area contributed by atoms with Gasteiger partial charge in [-0.1, -0.05) is 36.4 Å². The van der Waals surface area contributed by atoms with Crippen LogP contribution in [0.3, 0.4) is 0 Å². The molecule has 0 spiro atoms. The number of benzene rings is 4. The maximum Gasteiger partial charge on any atom is 0.227 e. The summed E-state index contributed by atoms with van der Waals surface area (Å²) in [5.41, 5.74) is 5.84. The molecule has 0 amide bonds. The minimum absolute atomic E-state index is 0.122. The zero-order valence-electron chi connectivity index (χ0n) is 21.0. The van der Waals surface area contributed by atoms with Crippen molar-refractivity contribution in [2.45, 2.75) is 22.6 Å². The van der Waals surface area contributed by atoms with Crippen LogP contribution in [0.5, 0.6) is 0 Å². The lowest BCUT2D eigenvalue weighted by Gasteiger charge is -2.04. The molecule has 0 aliphatic rings. The van der Waals surface area contributed by atoms with E-state index < -0.39 is 9.84 Å². The molecule has 0 aliphatic carbocycles. The Bertz CT molecular complexity index is 1810. The number of aromatic nitrogens is 2. The molecule has 2 heterocycles. The monoisotopic (exact) mass is 532 g/mol. The molecule has 0 fully saturated rings. The van der Waals surface area contributed by atoms with Crippen LogP contribution in [0, 0.1) is 0 Å². The zero-order chi connectivity index (χ0) is 27.0. The van der Waals surface area contributed by atoms with Gasteiger partial charge in [0.15, 0.2) is 11.2 Å². The smallest absolute Gasteiger partial charge is 0.227 e. The normalized spacial score (nSPS) is 11.7. The van der Waals surface area contributed by atoms with E-state index in [2.05, 4.69) is 23.1 Å². The Balaban J connectivity index is 1.31. The van der Waals surface area contributed by atoms with Gasteiger partial charge in [0, 0.05) is 11.1 Å². The number of fused-ring (bicyclic) bond motifs is 2. The third kappa shape index (κ3) is 4.69. The Kier molecular flexibility index (Phi) is 6.21. The van der Waals surface area contributed by atoms with Gasteiger partial charge in [0.2, 0.25) is 21.6 Å². The van der Waals surface area contributed by atoms with E-state index in [1.807, 2.05) is 60.7 Å². The first-order valence-electron chi connectivity index (χ1n) is 12.4. The molecule has 6 nitrogen and oxygen atoms in total. The molecule has 2 aromatic heterocycles. The molecule has 0 atom stereocenters. The Morgan fingerprint density at radius 2 is 1.03 bits per heavy atom. The van der Waals surface area contributed by atoms with E-state index in [0.29, 0.717) is 34.0 Å². The van der Waals surface area contributed by atoms with Gasteiger partial charge in [-0.05, 0) is 84.6 Å². The predicted octanol–water partition coefficient (Wildman–Crippen LogP) is 7.59. The van der Waals surface area contributed by atoms with Gasteiger partial charge >= 0.3 is 0 Å². The van der Waals surface area contributed by atoms with Gasteiger partial charge in [-0.3, -0.25) is 0 Å². The molecular formula is C32H24N2O4S. The summed E-state index contributed by atoms with van der Waals surface area (Å²) in [6.45, 7) is 7.52. The molecule has 0 radical (unpaired) electrons. The highest BCUT2D eigenvalue weighted by Gasteiger charge is 2.21. The Hall–Kier alpha value is -4.75. The summed E-state index contributed by atoms with van der Waals surface area (Å²) in [6, 6.07) is 25.1. The van der Waals surface area contributed by atoms with Crippen LogP contribution in [0.4, 0.5) is 0 Å². The molecule has 0 unspecified atom stereocenters. The second-order valence-electron chi connectivity index (χ2n) is 9.18. The molecule has 0 saturated heterocycles. The summed E-state index contributed by atoms with van der Waals surface area (Å²) >= 11 is 0. The van der Waals surface area contributed by atoms with Crippen molar-refractivity contribution in [2.24, 2.45) is 0 Å². The molecule has 0 bridgehead atoms. The molecular weight excluding hydrogens is 508 g/mol. The standard InChI is InChI=1S/C32H24N2O4S/c1-3-5-21-7-11-23(12-8-21)31-33-27-19-25(15-17-29(27)37-31)39(35,36)26-16-18-30-28(20-26)34-32(38-30)24-13-9-22(6-4-2)10-14-24/h3-4,7-20H,1-2,5-6H2. The summed E-state index contributed by atoms with van der Waals surface area (Å²) in [6.07, 6.45) is 5.25. The number of hydrogen-bond acceptors (Lipinski definition) is 6. The first-order valence-corrected chi connectivity index (χ1v) is 13.9. The number of nitrogens with zero attached hydrogens (tertiary/aromatic N) is 2. The average molecular weight is 533 g/mol. The molecule has 0 aliphatic heterocycles. The summed E-state index contributed by atoms with van der Waals surface area (Å²) < 4.78 is 38.9. The largest absolute Gasteiger partial charge is 0.436 e. The maximum absolute atomic E-state index is 13.5. The third-order valence-corrected chi connectivity index (χ3v) is 8.25. The third-order valence-electron chi connectivity index (χ3n) is 6.50. The quantitative estimate of drug-likeness (QED) is 0.188. The summed E-state index contributed by atoms with van der Waals surface area (Å²) in [4.78, 5) is 9.34. The Morgan fingerprint density at radius 3 is 1.41 bits per heavy atom. The Labute approximate surface area is 225 Å². The van der Waals surface area contributed by atoms with Gasteiger partial charge in [0.25, 0.3) is 0 Å².